The number of hydrogen-bond acceptors (Lipinski definition) is 9. The zero-order valence-electron chi connectivity index (χ0n) is 22.9. The Balaban J connectivity index is 1.60. The maximum Gasteiger partial charge on any atom is 0.308 e. The molecule has 0 aromatic heterocycles. The first kappa shape index (κ1) is 26.9. The van der Waals surface area contributed by atoms with E-state index in [0.29, 0.717) is 31.8 Å². The number of rotatable bonds is 6. The highest BCUT2D eigenvalue weighted by Gasteiger charge is 2.80. The lowest BCUT2D eigenvalue weighted by Crippen LogP contribution is -2.72. The fraction of sp³-hybridized carbons (Fsp3) is 0.893. The van der Waals surface area contributed by atoms with Gasteiger partial charge in [0, 0.05) is 25.2 Å². The van der Waals surface area contributed by atoms with Crippen LogP contribution in [-0.4, -0.2) is 67.9 Å². The number of carbonyl (C=O) groups is 3. The molecular formula is C28H42O9. The van der Waals surface area contributed by atoms with E-state index in [1.165, 1.54) is 13.8 Å². The van der Waals surface area contributed by atoms with E-state index in [0.717, 1.165) is 19.4 Å². The van der Waals surface area contributed by atoms with Gasteiger partial charge in [-0.05, 0) is 43.9 Å². The second kappa shape index (κ2) is 9.49. The highest BCUT2D eigenvalue weighted by molar-refractivity contribution is 5.72. The fourth-order valence-corrected chi connectivity index (χ4v) is 8.17. The van der Waals surface area contributed by atoms with Crippen LogP contribution in [0.25, 0.3) is 0 Å². The zero-order valence-corrected chi connectivity index (χ0v) is 22.9. The third-order valence-electron chi connectivity index (χ3n) is 10.3. The molecule has 0 aromatic rings. The van der Waals surface area contributed by atoms with Crippen LogP contribution < -0.4 is 0 Å². The Morgan fingerprint density at radius 2 is 1.73 bits per heavy atom. The van der Waals surface area contributed by atoms with Crippen LogP contribution in [0.2, 0.25) is 0 Å². The van der Waals surface area contributed by atoms with E-state index < -0.39 is 29.2 Å². The Bertz CT molecular complexity index is 917. The van der Waals surface area contributed by atoms with Gasteiger partial charge in [0.25, 0.3) is 0 Å². The molecule has 0 radical (unpaired) electrons. The summed E-state index contributed by atoms with van der Waals surface area (Å²) in [6.45, 7) is 12.0. The normalized spacial score (nSPS) is 46.3. The fourth-order valence-electron chi connectivity index (χ4n) is 8.17. The highest BCUT2D eigenvalue weighted by atomic mass is 16.7. The quantitative estimate of drug-likeness (QED) is 0.294. The number of epoxide rings is 1. The first-order chi connectivity index (χ1) is 17.5. The van der Waals surface area contributed by atoms with Crippen molar-refractivity contribution in [2.75, 3.05) is 19.8 Å². The van der Waals surface area contributed by atoms with Crippen molar-refractivity contribution in [1.29, 1.82) is 0 Å². The molecule has 5 rings (SSSR count). The van der Waals surface area contributed by atoms with Gasteiger partial charge in [0.2, 0.25) is 0 Å². The predicted molar refractivity (Wildman–Crippen MR) is 130 cm³/mol. The SMILES string of the molecule is CC(=O)OCC12C(OC(C)=O)CC(C)C(C)(C3CC4CCOC4O3)C1CCC(OC(=O)C(C)C)C21CO1. The maximum absolute atomic E-state index is 12.7. The first-order valence-electron chi connectivity index (χ1n) is 13.9. The summed E-state index contributed by atoms with van der Waals surface area (Å²) < 4.78 is 36.6. The van der Waals surface area contributed by atoms with E-state index in [2.05, 4.69) is 13.8 Å². The molecule has 2 saturated carbocycles. The minimum absolute atomic E-state index is 0.0268. The van der Waals surface area contributed by atoms with Crippen LogP contribution in [0.4, 0.5) is 0 Å². The van der Waals surface area contributed by atoms with E-state index >= 15 is 0 Å². The molecule has 0 aromatic carbocycles. The van der Waals surface area contributed by atoms with Crippen molar-refractivity contribution in [2.24, 2.45) is 34.5 Å². The first-order valence-corrected chi connectivity index (χ1v) is 13.9. The largest absolute Gasteiger partial charge is 0.465 e. The molecule has 2 aliphatic carbocycles. The summed E-state index contributed by atoms with van der Waals surface area (Å²) in [5, 5.41) is 0. The molecule has 9 nitrogen and oxygen atoms in total. The molecule has 0 N–H and O–H groups in total. The van der Waals surface area contributed by atoms with Crippen molar-refractivity contribution in [3.05, 3.63) is 0 Å². The highest BCUT2D eigenvalue weighted by Crippen LogP contribution is 2.70. The van der Waals surface area contributed by atoms with E-state index in [4.69, 9.17) is 28.4 Å². The van der Waals surface area contributed by atoms with Gasteiger partial charge in [-0.2, -0.15) is 0 Å². The zero-order chi connectivity index (χ0) is 26.8. The summed E-state index contributed by atoms with van der Waals surface area (Å²) in [6, 6.07) is 0. The van der Waals surface area contributed by atoms with E-state index in [1.54, 1.807) is 13.8 Å². The van der Waals surface area contributed by atoms with Crippen molar-refractivity contribution in [2.45, 2.75) is 104 Å². The molecule has 3 aliphatic heterocycles. The molecule has 5 fully saturated rings. The average Bonchev–Trinajstić information content (AvgIpc) is 3.31. The molecule has 3 saturated heterocycles. The molecule has 0 amide bonds. The van der Waals surface area contributed by atoms with Crippen molar-refractivity contribution in [1.82, 2.24) is 0 Å². The Morgan fingerprint density at radius 1 is 1.00 bits per heavy atom. The molecular weight excluding hydrogens is 480 g/mol. The topological polar surface area (TPSA) is 110 Å². The van der Waals surface area contributed by atoms with Gasteiger partial charge in [0.1, 0.15) is 24.4 Å². The summed E-state index contributed by atoms with van der Waals surface area (Å²) in [6.07, 6.45) is 2.48. The van der Waals surface area contributed by atoms with Crippen molar-refractivity contribution in [3.8, 4) is 0 Å². The smallest absolute Gasteiger partial charge is 0.308 e. The molecule has 9 heteroatoms. The van der Waals surface area contributed by atoms with Crippen LogP contribution in [-0.2, 0) is 42.8 Å². The third-order valence-corrected chi connectivity index (χ3v) is 10.3. The predicted octanol–water partition coefficient (Wildman–Crippen LogP) is 3.41. The van der Waals surface area contributed by atoms with Crippen LogP contribution in [0.5, 0.6) is 0 Å². The van der Waals surface area contributed by atoms with E-state index in [9.17, 15) is 14.4 Å². The number of fused-ring (bicyclic) bond motifs is 3. The minimum atomic E-state index is -0.900. The molecule has 5 aliphatic rings. The second-order valence-electron chi connectivity index (χ2n) is 12.5. The minimum Gasteiger partial charge on any atom is -0.465 e. The summed E-state index contributed by atoms with van der Waals surface area (Å²) in [5.41, 5.74) is -2.10. The van der Waals surface area contributed by atoms with E-state index in [1.807, 2.05) is 0 Å². The van der Waals surface area contributed by atoms with Gasteiger partial charge < -0.3 is 28.4 Å². The average molecular weight is 523 g/mol. The molecule has 0 bridgehead atoms. The van der Waals surface area contributed by atoms with Crippen LogP contribution in [0, 0.1) is 34.5 Å². The second-order valence-corrected chi connectivity index (χ2v) is 12.5. The third kappa shape index (κ3) is 4.11. The Hall–Kier alpha value is -1.71. The standard InChI is InChI=1S/C28H42O9/c1-15(2)24(31)36-21-8-7-20-26(6,22-12-19-9-10-32-25(19)37-22)16(3)11-23(35-18(5)30)27(20,13-33-17(4)29)28(21)14-34-28/h15-16,19-23,25H,7-14H2,1-6H3. The van der Waals surface area contributed by atoms with Crippen molar-refractivity contribution in [3.63, 3.8) is 0 Å². The lowest BCUT2D eigenvalue weighted by molar-refractivity contribution is -0.270. The molecule has 208 valence electrons. The molecule has 10 atom stereocenters. The van der Waals surface area contributed by atoms with Gasteiger partial charge >= 0.3 is 17.9 Å². The summed E-state index contributed by atoms with van der Waals surface area (Å²) >= 11 is 0. The molecule has 3 heterocycles. The van der Waals surface area contributed by atoms with Gasteiger partial charge in [0.05, 0.1) is 30.7 Å². The van der Waals surface area contributed by atoms with Crippen LogP contribution in [0.15, 0.2) is 0 Å². The Kier molecular flexibility index (Phi) is 6.89. The van der Waals surface area contributed by atoms with Crippen molar-refractivity contribution >= 4 is 17.9 Å². The Morgan fingerprint density at radius 3 is 2.32 bits per heavy atom. The Labute approximate surface area is 219 Å². The number of hydrogen-bond donors (Lipinski definition) is 0. The van der Waals surface area contributed by atoms with Crippen LogP contribution >= 0.6 is 0 Å². The summed E-state index contributed by atoms with van der Waals surface area (Å²) in [4.78, 5) is 37.3. The van der Waals surface area contributed by atoms with Gasteiger partial charge in [-0.1, -0.05) is 27.7 Å². The number of ether oxygens (including phenoxy) is 6. The van der Waals surface area contributed by atoms with Crippen molar-refractivity contribution < 1.29 is 42.8 Å². The lowest BCUT2D eigenvalue weighted by atomic mass is 9.42. The summed E-state index contributed by atoms with van der Waals surface area (Å²) in [7, 11) is 0. The van der Waals surface area contributed by atoms with E-state index in [-0.39, 0.29) is 54.1 Å². The van der Waals surface area contributed by atoms with Gasteiger partial charge in [-0.3, -0.25) is 14.4 Å². The van der Waals surface area contributed by atoms with Crippen LogP contribution in [0.3, 0.4) is 0 Å². The van der Waals surface area contributed by atoms with Gasteiger partial charge in [-0.25, -0.2) is 0 Å². The monoisotopic (exact) mass is 522 g/mol. The van der Waals surface area contributed by atoms with Gasteiger partial charge in [0.15, 0.2) is 6.29 Å². The maximum atomic E-state index is 12.7. The summed E-state index contributed by atoms with van der Waals surface area (Å²) in [5.74, 6) is -0.913. The van der Waals surface area contributed by atoms with Gasteiger partial charge in [-0.15, -0.1) is 0 Å². The van der Waals surface area contributed by atoms with Crippen LogP contribution in [0.1, 0.15) is 73.6 Å². The number of esters is 3. The molecule has 1 spiro atoms. The lowest BCUT2D eigenvalue weighted by Gasteiger charge is -2.64. The molecule has 37 heavy (non-hydrogen) atoms. The molecule has 10 unspecified atom stereocenters. The number of carbonyl (C=O) groups excluding carboxylic acids is 3.